The van der Waals surface area contributed by atoms with Crippen LogP contribution < -0.4 is 0 Å². The first kappa shape index (κ1) is 12.9. The monoisotopic (exact) mass is 289 g/mol. The molecule has 90 valence electrons. The van der Waals surface area contributed by atoms with E-state index in [1.807, 2.05) is 36.4 Å². The highest BCUT2D eigenvalue weighted by molar-refractivity contribution is 6.68. The fraction of sp³-hybridized carbons (Fsp3) is 0.250. The van der Waals surface area contributed by atoms with Gasteiger partial charge >= 0.3 is 0 Å². The number of hydrogen-bond donors (Lipinski definition) is 1. The molecule has 5 heteroatoms. The van der Waals surface area contributed by atoms with E-state index in [0.29, 0.717) is 5.69 Å². The van der Waals surface area contributed by atoms with Crippen LogP contribution in [-0.2, 0) is 6.42 Å². The molecule has 2 aromatic rings. The van der Waals surface area contributed by atoms with E-state index in [1.165, 1.54) is 0 Å². The van der Waals surface area contributed by atoms with E-state index in [2.05, 4.69) is 4.98 Å². The number of rotatable bonds is 2. The topological polar surface area (TPSA) is 33.1 Å². The predicted molar refractivity (Wildman–Crippen MR) is 71.7 cm³/mol. The second-order valence-corrected chi connectivity index (χ2v) is 6.13. The van der Waals surface area contributed by atoms with Gasteiger partial charge in [0, 0.05) is 17.5 Å². The van der Waals surface area contributed by atoms with E-state index >= 15 is 0 Å². The summed E-state index contributed by atoms with van der Waals surface area (Å²) in [6.45, 7) is 0. The lowest BCUT2D eigenvalue weighted by molar-refractivity contribution is 0.178. The van der Waals surface area contributed by atoms with Crippen LogP contribution in [-0.4, -0.2) is 20.0 Å². The van der Waals surface area contributed by atoms with Crippen LogP contribution in [0.1, 0.15) is 5.69 Å². The number of hydrogen-bond acceptors (Lipinski definition) is 2. The molecular formula is C12H10Cl3NO. The molecule has 1 aromatic heterocycles. The molecule has 0 bridgehead atoms. The van der Waals surface area contributed by atoms with Crippen molar-refractivity contribution in [1.82, 2.24) is 4.98 Å². The van der Waals surface area contributed by atoms with Gasteiger partial charge in [-0.3, -0.25) is 4.98 Å². The molecule has 2 rings (SSSR count). The lowest BCUT2D eigenvalue weighted by Gasteiger charge is -2.18. The highest BCUT2D eigenvalue weighted by Crippen LogP contribution is 2.31. The molecule has 0 radical (unpaired) electrons. The zero-order valence-electron chi connectivity index (χ0n) is 8.78. The smallest absolute Gasteiger partial charge is 0.216 e. The lowest BCUT2D eigenvalue weighted by atomic mass is 10.1. The molecule has 0 amide bonds. The Bertz CT molecular complexity index is 524. The first-order chi connectivity index (χ1) is 7.97. The number of halogens is 3. The van der Waals surface area contributed by atoms with Crippen molar-refractivity contribution in [2.45, 2.75) is 16.3 Å². The van der Waals surface area contributed by atoms with E-state index in [1.54, 1.807) is 0 Å². The number of fused-ring (bicyclic) bond motifs is 1. The summed E-state index contributed by atoms with van der Waals surface area (Å²) >= 11 is 16.8. The van der Waals surface area contributed by atoms with Crippen molar-refractivity contribution in [1.29, 1.82) is 0 Å². The first-order valence-corrected chi connectivity index (χ1v) is 6.19. The van der Waals surface area contributed by atoms with Gasteiger partial charge in [-0.1, -0.05) is 59.1 Å². The van der Waals surface area contributed by atoms with Crippen molar-refractivity contribution in [2.75, 3.05) is 0 Å². The van der Waals surface area contributed by atoms with E-state index in [4.69, 9.17) is 34.8 Å². The minimum absolute atomic E-state index is 0.210. The van der Waals surface area contributed by atoms with Gasteiger partial charge in [-0.2, -0.15) is 0 Å². The van der Waals surface area contributed by atoms with Crippen LogP contribution in [0.3, 0.4) is 0 Å². The fourth-order valence-electron chi connectivity index (χ4n) is 1.54. The van der Waals surface area contributed by atoms with Gasteiger partial charge in [0.25, 0.3) is 0 Å². The van der Waals surface area contributed by atoms with Gasteiger partial charge in [0.05, 0.1) is 5.52 Å². The second-order valence-electron chi connectivity index (χ2n) is 3.76. The molecule has 0 aliphatic rings. The van der Waals surface area contributed by atoms with Crippen LogP contribution in [0.2, 0.25) is 0 Å². The summed E-state index contributed by atoms with van der Waals surface area (Å²) in [4.78, 5) is 4.39. The summed E-state index contributed by atoms with van der Waals surface area (Å²) in [7, 11) is 0. The molecule has 1 heterocycles. The Morgan fingerprint density at radius 1 is 1.12 bits per heavy atom. The number of pyridine rings is 1. The van der Waals surface area contributed by atoms with Gasteiger partial charge in [0.2, 0.25) is 3.79 Å². The zero-order valence-corrected chi connectivity index (χ0v) is 11.0. The average Bonchev–Trinajstić information content (AvgIpc) is 2.27. The Balaban J connectivity index is 2.25. The minimum atomic E-state index is -1.69. The number of aliphatic hydroxyl groups is 1. The van der Waals surface area contributed by atoms with Gasteiger partial charge in [-0.25, -0.2) is 0 Å². The van der Waals surface area contributed by atoms with Gasteiger partial charge in [0.1, 0.15) is 6.10 Å². The van der Waals surface area contributed by atoms with Crippen LogP contribution in [0.4, 0.5) is 0 Å². The number of aliphatic hydroxyl groups excluding tert-OH is 1. The highest BCUT2D eigenvalue weighted by Gasteiger charge is 2.31. The SMILES string of the molecule is O[C@@H](Cc1ccc2ccccc2n1)C(Cl)(Cl)Cl. The molecule has 2 nitrogen and oxygen atoms in total. The summed E-state index contributed by atoms with van der Waals surface area (Å²) in [6.07, 6.45) is -0.859. The molecule has 0 spiro atoms. The highest BCUT2D eigenvalue weighted by atomic mass is 35.6. The number of nitrogens with zero attached hydrogens (tertiary/aromatic N) is 1. The van der Waals surface area contributed by atoms with Crippen LogP contribution in [0.25, 0.3) is 10.9 Å². The summed E-state index contributed by atoms with van der Waals surface area (Å²) in [5, 5.41) is 10.7. The maximum absolute atomic E-state index is 9.68. The molecular weight excluding hydrogens is 280 g/mol. The van der Waals surface area contributed by atoms with Crippen molar-refractivity contribution < 1.29 is 5.11 Å². The molecule has 1 aromatic carbocycles. The normalized spacial score (nSPS) is 13.9. The first-order valence-electron chi connectivity index (χ1n) is 5.06. The zero-order chi connectivity index (χ0) is 12.5. The van der Waals surface area contributed by atoms with Crippen molar-refractivity contribution in [3.63, 3.8) is 0 Å². The minimum Gasteiger partial charge on any atom is -0.388 e. The third kappa shape index (κ3) is 3.23. The van der Waals surface area contributed by atoms with Crippen LogP contribution in [0, 0.1) is 0 Å². The Morgan fingerprint density at radius 3 is 2.53 bits per heavy atom. The molecule has 0 saturated heterocycles. The summed E-state index contributed by atoms with van der Waals surface area (Å²) in [5.41, 5.74) is 1.56. The third-order valence-electron chi connectivity index (χ3n) is 2.44. The molecule has 17 heavy (non-hydrogen) atoms. The summed E-state index contributed by atoms with van der Waals surface area (Å²) in [6, 6.07) is 11.5. The molecule has 0 unspecified atom stereocenters. The Labute approximate surface area is 114 Å². The fourth-order valence-corrected chi connectivity index (χ4v) is 1.77. The number of aromatic nitrogens is 1. The summed E-state index contributed by atoms with van der Waals surface area (Å²) in [5.74, 6) is 0. The van der Waals surface area contributed by atoms with Crippen molar-refractivity contribution >= 4 is 45.7 Å². The average molecular weight is 291 g/mol. The van der Waals surface area contributed by atoms with E-state index in [-0.39, 0.29) is 6.42 Å². The lowest BCUT2D eigenvalue weighted by Crippen LogP contribution is -2.27. The van der Waals surface area contributed by atoms with Gasteiger partial charge < -0.3 is 5.11 Å². The van der Waals surface area contributed by atoms with Crippen LogP contribution in [0.5, 0.6) is 0 Å². The molecule has 0 aliphatic carbocycles. The van der Waals surface area contributed by atoms with E-state index in [0.717, 1.165) is 10.9 Å². The van der Waals surface area contributed by atoms with E-state index in [9.17, 15) is 5.11 Å². The number of alkyl halides is 3. The maximum atomic E-state index is 9.68. The molecule has 0 aliphatic heterocycles. The number of para-hydroxylation sites is 1. The van der Waals surface area contributed by atoms with Gasteiger partial charge in [0.15, 0.2) is 0 Å². The maximum Gasteiger partial charge on any atom is 0.216 e. The molecule has 0 fully saturated rings. The van der Waals surface area contributed by atoms with Gasteiger partial charge in [-0.15, -0.1) is 0 Å². The Morgan fingerprint density at radius 2 is 1.82 bits per heavy atom. The molecule has 1 atom stereocenters. The predicted octanol–water partition coefficient (Wildman–Crippen LogP) is 3.51. The van der Waals surface area contributed by atoms with Crippen molar-refractivity contribution in [3.05, 3.63) is 42.1 Å². The number of benzene rings is 1. The second kappa shape index (κ2) is 4.99. The Kier molecular flexibility index (Phi) is 3.79. The van der Waals surface area contributed by atoms with Crippen molar-refractivity contribution in [2.24, 2.45) is 0 Å². The Hall–Kier alpha value is -0.540. The molecule has 0 saturated carbocycles. The molecule has 1 N–H and O–H groups in total. The van der Waals surface area contributed by atoms with Crippen LogP contribution in [0.15, 0.2) is 36.4 Å². The largest absolute Gasteiger partial charge is 0.388 e. The van der Waals surface area contributed by atoms with Crippen LogP contribution >= 0.6 is 34.8 Å². The third-order valence-corrected chi connectivity index (χ3v) is 3.19. The van der Waals surface area contributed by atoms with E-state index < -0.39 is 9.90 Å². The standard InChI is InChI=1S/C12H10Cl3NO/c13-12(14,15)11(17)7-9-6-5-8-3-1-2-4-10(8)16-9/h1-6,11,17H,7H2/t11-/m0/s1. The summed E-state index contributed by atoms with van der Waals surface area (Å²) < 4.78 is -1.69. The quantitative estimate of drug-likeness (QED) is 0.859. The van der Waals surface area contributed by atoms with Gasteiger partial charge in [-0.05, 0) is 12.1 Å². The van der Waals surface area contributed by atoms with Crippen molar-refractivity contribution in [3.8, 4) is 0 Å².